The molecule has 0 spiro atoms. The number of benzene rings is 1. The van der Waals surface area contributed by atoms with E-state index in [1.54, 1.807) is 7.11 Å². The van der Waals surface area contributed by atoms with E-state index in [9.17, 15) is 0 Å². The molecule has 1 saturated carbocycles. The molecule has 1 aliphatic rings. The van der Waals surface area contributed by atoms with Crippen molar-refractivity contribution in [3.8, 4) is 5.75 Å². The van der Waals surface area contributed by atoms with Gasteiger partial charge in [0.2, 0.25) is 0 Å². The minimum absolute atomic E-state index is 0.613. The van der Waals surface area contributed by atoms with Gasteiger partial charge in [0.05, 0.1) is 12.3 Å². The molecule has 2 N–H and O–H groups in total. The zero-order valence-electron chi connectivity index (χ0n) is 12.5. The lowest BCUT2D eigenvalue weighted by Crippen LogP contribution is -2.39. The third-order valence-electron chi connectivity index (χ3n) is 4.02. The topological polar surface area (TPSA) is 47.7 Å². The van der Waals surface area contributed by atoms with Gasteiger partial charge in [-0.3, -0.25) is 4.90 Å². The van der Waals surface area contributed by atoms with Crippen LogP contribution in [0.15, 0.2) is 24.3 Å². The van der Waals surface area contributed by atoms with Gasteiger partial charge < -0.3 is 15.2 Å². The van der Waals surface area contributed by atoms with Crippen LogP contribution in [0.2, 0.25) is 0 Å². The molecule has 2 rings (SSSR count). The summed E-state index contributed by atoms with van der Waals surface area (Å²) in [5, 5.41) is 0. The maximum absolute atomic E-state index is 5.88. The maximum Gasteiger partial charge on any atom is 0.142 e. The van der Waals surface area contributed by atoms with Crippen molar-refractivity contribution in [3.63, 3.8) is 0 Å². The first-order chi connectivity index (χ1) is 9.72. The molecule has 0 bridgehead atoms. The molecule has 1 aromatic rings. The van der Waals surface area contributed by atoms with E-state index in [0.29, 0.717) is 18.3 Å². The number of nitrogen functional groups attached to an aromatic ring is 1. The highest BCUT2D eigenvalue weighted by Gasteiger charge is 2.31. The average Bonchev–Trinajstić information content (AvgIpc) is 3.28. The van der Waals surface area contributed by atoms with Crippen molar-refractivity contribution in [1.82, 2.24) is 4.90 Å². The zero-order chi connectivity index (χ0) is 14.4. The van der Waals surface area contributed by atoms with Crippen LogP contribution in [0.1, 0.15) is 19.8 Å². The Bertz CT molecular complexity index is 407. The van der Waals surface area contributed by atoms with E-state index in [2.05, 4.69) is 11.8 Å². The minimum Gasteiger partial charge on any atom is -0.490 e. The van der Waals surface area contributed by atoms with E-state index in [4.69, 9.17) is 15.2 Å². The van der Waals surface area contributed by atoms with E-state index in [1.165, 1.54) is 12.8 Å². The van der Waals surface area contributed by atoms with E-state index in [0.717, 1.165) is 31.4 Å². The molecule has 1 fully saturated rings. The first kappa shape index (κ1) is 15.1. The zero-order valence-corrected chi connectivity index (χ0v) is 12.5. The van der Waals surface area contributed by atoms with Gasteiger partial charge in [0.1, 0.15) is 12.4 Å². The predicted molar refractivity (Wildman–Crippen MR) is 82.0 cm³/mol. The Kier molecular flexibility index (Phi) is 5.68. The normalized spacial score (nSPS) is 16.4. The fourth-order valence-electron chi connectivity index (χ4n) is 2.49. The van der Waals surface area contributed by atoms with Crippen LogP contribution in [0.4, 0.5) is 5.69 Å². The van der Waals surface area contributed by atoms with Crippen LogP contribution in [0.5, 0.6) is 5.75 Å². The maximum atomic E-state index is 5.88. The number of nitrogens with two attached hydrogens (primary N) is 1. The largest absolute Gasteiger partial charge is 0.490 e. The first-order valence-electron chi connectivity index (χ1n) is 7.42. The predicted octanol–water partition coefficient (Wildman–Crippen LogP) is 2.39. The van der Waals surface area contributed by atoms with Crippen molar-refractivity contribution in [2.45, 2.75) is 25.8 Å². The van der Waals surface area contributed by atoms with Crippen molar-refractivity contribution in [2.24, 2.45) is 5.92 Å². The number of hydrogen-bond donors (Lipinski definition) is 1. The fraction of sp³-hybridized carbons (Fsp3) is 0.625. The second-order valence-electron chi connectivity index (χ2n) is 5.49. The average molecular weight is 278 g/mol. The summed E-state index contributed by atoms with van der Waals surface area (Å²) in [7, 11) is 1.75. The SMILES string of the molecule is COCCN(CCOc1ccccc1N)C(C)C1CC1. The van der Waals surface area contributed by atoms with Gasteiger partial charge in [0, 0.05) is 26.2 Å². The number of rotatable bonds is 9. The van der Waals surface area contributed by atoms with Crippen LogP contribution in [-0.2, 0) is 4.74 Å². The van der Waals surface area contributed by atoms with Gasteiger partial charge in [-0.2, -0.15) is 0 Å². The monoisotopic (exact) mass is 278 g/mol. The van der Waals surface area contributed by atoms with Gasteiger partial charge in [-0.25, -0.2) is 0 Å². The van der Waals surface area contributed by atoms with Crippen LogP contribution < -0.4 is 10.5 Å². The minimum atomic E-state index is 0.613. The Morgan fingerprint density at radius 3 is 2.60 bits per heavy atom. The number of para-hydroxylation sites is 2. The Hall–Kier alpha value is -1.26. The first-order valence-corrected chi connectivity index (χ1v) is 7.42. The summed E-state index contributed by atoms with van der Waals surface area (Å²) in [5.41, 5.74) is 6.58. The van der Waals surface area contributed by atoms with Crippen LogP contribution in [0, 0.1) is 5.92 Å². The van der Waals surface area contributed by atoms with E-state index < -0.39 is 0 Å². The van der Waals surface area contributed by atoms with Crippen molar-refractivity contribution >= 4 is 5.69 Å². The van der Waals surface area contributed by atoms with Crippen LogP contribution in [0.3, 0.4) is 0 Å². The standard InChI is InChI=1S/C16H26N2O2/c1-13(14-7-8-14)18(9-11-19-2)10-12-20-16-6-4-3-5-15(16)17/h3-6,13-14H,7-12,17H2,1-2H3. The lowest BCUT2D eigenvalue weighted by atomic mass is 10.2. The van der Waals surface area contributed by atoms with Gasteiger partial charge in [-0.05, 0) is 37.8 Å². The number of hydrogen-bond acceptors (Lipinski definition) is 4. The number of ether oxygens (including phenoxy) is 2. The van der Waals surface area contributed by atoms with Crippen molar-refractivity contribution in [2.75, 3.05) is 39.1 Å². The van der Waals surface area contributed by atoms with E-state index >= 15 is 0 Å². The summed E-state index contributed by atoms with van der Waals surface area (Å²) in [5.74, 6) is 1.63. The van der Waals surface area contributed by atoms with Crippen LogP contribution in [-0.4, -0.2) is 44.4 Å². The Labute approximate surface area is 121 Å². The van der Waals surface area contributed by atoms with Gasteiger partial charge in [0.15, 0.2) is 0 Å². The summed E-state index contributed by atoms with van der Waals surface area (Å²) in [6.07, 6.45) is 2.72. The Morgan fingerprint density at radius 2 is 1.95 bits per heavy atom. The second kappa shape index (κ2) is 7.50. The molecule has 1 aliphatic carbocycles. The lowest BCUT2D eigenvalue weighted by molar-refractivity contribution is 0.103. The molecule has 0 radical (unpaired) electrons. The quantitative estimate of drug-likeness (QED) is 0.705. The molecule has 0 amide bonds. The van der Waals surface area contributed by atoms with E-state index in [1.807, 2.05) is 24.3 Å². The summed E-state index contributed by atoms with van der Waals surface area (Å²) in [6, 6.07) is 8.26. The molecule has 1 atom stereocenters. The molecule has 1 aromatic carbocycles. The Balaban J connectivity index is 1.80. The van der Waals surface area contributed by atoms with Crippen LogP contribution >= 0.6 is 0 Å². The van der Waals surface area contributed by atoms with Gasteiger partial charge >= 0.3 is 0 Å². The molecule has 4 heteroatoms. The molecular weight excluding hydrogens is 252 g/mol. The molecule has 20 heavy (non-hydrogen) atoms. The molecule has 0 aliphatic heterocycles. The molecule has 0 heterocycles. The van der Waals surface area contributed by atoms with Crippen molar-refractivity contribution in [1.29, 1.82) is 0 Å². The lowest BCUT2D eigenvalue weighted by Gasteiger charge is -2.29. The molecule has 1 unspecified atom stereocenters. The summed E-state index contributed by atoms with van der Waals surface area (Å²) >= 11 is 0. The number of methoxy groups -OCH3 is 1. The third kappa shape index (κ3) is 4.39. The van der Waals surface area contributed by atoms with Crippen LogP contribution in [0.25, 0.3) is 0 Å². The fourth-order valence-corrected chi connectivity index (χ4v) is 2.49. The molecule has 0 saturated heterocycles. The van der Waals surface area contributed by atoms with E-state index in [-0.39, 0.29) is 0 Å². The van der Waals surface area contributed by atoms with Crippen molar-refractivity contribution in [3.05, 3.63) is 24.3 Å². The third-order valence-corrected chi connectivity index (χ3v) is 4.02. The number of nitrogens with zero attached hydrogens (tertiary/aromatic N) is 1. The van der Waals surface area contributed by atoms with Gasteiger partial charge in [-0.1, -0.05) is 12.1 Å². The summed E-state index contributed by atoms with van der Waals surface area (Å²) in [6.45, 7) is 5.61. The summed E-state index contributed by atoms with van der Waals surface area (Å²) < 4.78 is 11.0. The highest BCUT2D eigenvalue weighted by atomic mass is 16.5. The molecule has 0 aromatic heterocycles. The van der Waals surface area contributed by atoms with Gasteiger partial charge in [-0.15, -0.1) is 0 Å². The molecule has 112 valence electrons. The highest BCUT2D eigenvalue weighted by molar-refractivity contribution is 5.51. The van der Waals surface area contributed by atoms with Gasteiger partial charge in [0.25, 0.3) is 0 Å². The van der Waals surface area contributed by atoms with Crippen molar-refractivity contribution < 1.29 is 9.47 Å². The second-order valence-corrected chi connectivity index (χ2v) is 5.49. The summed E-state index contributed by atoms with van der Waals surface area (Å²) in [4.78, 5) is 2.46. The Morgan fingerprint density at radius 1 is 1.25 bits per heavy atom. The highest BCUT2D eigenvalue weighted by Crippen LogP contribution is 2.35. The number of anilines is 1. The molecular formula is C16H26N2O2. The smallest absolute Gasteiger partial charge is 0.142 e. The molecule has 4 nitrogen and oxygen atoms in total.